The second-order valence-electron chi connectivity index (χ2n) is 8.93. The van der Waals surface area contributed by atoms with E-state index in [4.69, 9.17) is 0 Å². The van der Waals surface area contributed by atoms with Crippen molar-refractivity contribution in [3.05, 3.63) is 28.8 Å². The van der Waals surface area contributed by atoms with Crippen LogP contribution in [0.4, 0.5) is 0 Å². The molecule has 0 saturated carbocycles. The van der Waals surface area contributed by atoms with Crippen LogP contribution in [0.25, 0.3) is 0 Å². The largest absolute Gasteiger partial charge is 0.507 e. The number of rotatable bonds is 4. The molecule has 1 heteroatoms. The van der Waals surface area contributed by atoms with Crippen molar-refractivity contribution in [2.75, 3.05) is 0 Å². The summed E-state index contributed by atoms with van der Waals surface area (Å²) in [5, 5.41) is 10.6. The SMILES string of the molecule is CC(C)c1cc(C(C)(C)CC(C)(C)C)cc(C(C)C)c1O. The van der Waals surface area contributed by atoms with Gasteiger partial charge in [0.1, 0.15) is 5.75 Å². The van der Waals surface area contributed by atoms with Crippen molar-refractivity contribution >= 4 is 0 Å². The zero-order chi connectivity index (χ0) is 16.6. The van der Waals surface area contributed by atoms with Crippen molar-refractivity contribution in [3.63, 3.8) is 0 Å². The summed E-state index contributed by atoms with van der Waals surface area (Å²) in [6.07, 6.45) is 1.12. The molecule has 1 aromatic carbocycles. The Morgan fingerprint density at radius 3 is 1.52 bits per heavy atom. The standard InChI is InChI=1S/C20H34O/c1-13(2)16-10-15(11-17(14(3)4)18(16)21)20(8,9)12-19(5,6)7/h10-11,13-14,21H,12H2,1-9H3. The van der Waals surface area contributed by atoms with Crippen molar-refractivity contribution in [2.45, 2.75) is 86.0 Å². The van der Waals surface area contributed by atoms with E-state index in [-0.39, 0.29) is 10.8 Å². The van der Waals surface area contributed by atoms with Crippen LogP contribution in [0.3, 0.4) is 0 Å². The number of hydrogen-bond donors (Lipinski definition) is 1. The number of phenols is 1. The zero-order valence-electron chi connectivity index (χ0n) is 15.5. The quantitative estimate of drug-likeness (QED) is 0.684. The van der Waals surface area contributed by atoms with Gasteiger partial charge in [-0.05, 0) is 45.8 Å². The molecule has 0 aliphatic rings. The highest BCUT2D eigenvalue weighted by Crippen LogP contribution is 2.41. The summed E-state index contributed by atoms with van der Waals surface area (Å²) in [5.41, 5.74) is 3.91. The Morgan fingerprint density at radius 1 is 0.857 bits per heavy atom. The Morgan fingerprint density at radius 2 is 1.24 bits per heavy atom. The maximum atomic E-state index is 10.6. The van der Waals surface area contributed by atoms with Crippen molar-refractivity contribution in [2.24, 2.45) is 5.41 Å². The van der Waals surface area contributed by atoms with E-state index in [1.54, 1.807) is 0 Å². The van der Waals surface area contributed by atoms with E-state index in [0.717, 1.165) is 17.5 Å². The monoisotopic (exact) mass is 290 g/mol. The third-order valence-corrected chi connectivity index (χ3v) is 4.17. The fraction of sp³-hybridized carbons (Fsp3) is 0.700. The highest BCUT2D eigenvalue weighted by molar-refractivity contribution is 5.48. The maximum Gasteiger partial charge on any atom is 0.122 e. The second kappa shape index (κ2) is 6.02. The van der Waals surface area contributed by atoms with Crippen molar-refractivity contribution < 1.29 is 5.11 Å². The molecule has 0 saturated heterocycles. The lowest BCUT2D eigenvalue weighted by Crippen LogP contribution is -2.25. The average Bonchev–Trinajstić information content (AvgIpc) is 2.24. The third-order valence-electron chi connectivity index (χ3n) is 4.17. The summed E-state index contributed by atoms with van der Waals surface area (Å²) in [4.78, 5) is 0. The minimum Gasteiger partial charge on any atom is -0.507 e. The topological polar surface area (TPSA) is 20.2 Å². The van der Waals surface area contributed by atoms with Gasteiger partial charge in [-0.3, -0.25) is 0 Å². The van der Waals surface area contributed by atoms with Gasteiger partial charge < -0.3 is 5.11 Å². The van der Waals surface area contributed by atoms with E-state index in [1.807, 2.05) is 0 Å². The van der Waals surface area contributed by atoms with Crippen molar-refractivity contribution in [3.8, 4) is 5.75 Å². The molecule has 0 radical (unpaired) electrons. The summed E-state index contributed by atoms with van der Waals surface area (Å²) in [6, 6.07) is 4.44. The molecule has 0 aliphatic heterocycles. The Balaban J connectivity index is 3.43. The molecule has 21 heavy (non-hydrogen) atoms. The van der Waals surface area contributed by atoms with E-state index in [2.05, 4.69) is 74.4 Å². The van der Waals surface area contributed by atoms with Crippen LogP contribution in [-0.2, 0) is 5.41 Å². The highest BCUT2D eigenvalue weighted by Gasteiger charge is 2.29. The number of phenolic OH excluding ortho intramolecular Hbond substituents is 1. The van der Waals surface area contributed by atoms with Crippen LogP contribution in [0.15, 0.2) is 12.1 Å². The average molecular weight is 290 g/mol. The lowest BCUT2D eigenvalue weighted by Gasteiger charge is -2.34. The van der Waals surface area contributed by atoms with E-state index < -0.39 is 0 Å². The first-order valence-corrected chi connectivity index (χ1v) is 8.22. The molecule has 0 bridgehead atoms. The van der Waals surface area contributed by atoms with Gasteiger partial charge in [-0.1, -0.05) is 74.4 Å². The summed E-state index contributed by atoms with van der Waals surface area (Å²) in [7, 11) is 0. The van der Waals surface area contributed by atoms with E-state index in [9.17, 15) is 5.11 Å². The lowest BCUT2D eigenvalue weighted by atomic mass is 9.71. The van der Waals surface area contributed by atoms with Gasteiger partial charge in [0.15, 0.2) is 0 Å². The molecule has 0 amide bonds. The molecule has 1 N–H and O–H groups in total. The van der Waals surface area contributed by atoms with Crippen LogP contribution in [0, 0.1) is 5.41 Å². The molecule has 1 aromatic rings. The first-order valence-electron chi connectivity index (χ1n) is 8.22. The number of benzene rings is 1. The Kier molecular flexibility index (Phi) is 5.18. The number of aromatic hydroxyl groups is 1. The summed E-state index contributed by atoms with van der Waals surface area (Å²) in [6.45, 7) is 20.1. The smallest absolute Gasteiger partial charge is 0.122 e. The Labute approximate surface area is 131 Å². The molecule has 0 unspecified atom stereocenters. The molecular formula is C20H34O. The van der Waals surface area contributed by atoms with Crippen LogP contribution >= 0.6 is 0 Å². The van der Waals surface area contributed by atoms with Crippen LogP contribution in [-0.4, -0.2) is 5.11 Å². The maximum absolute atomic E-state index is 10.6. The van der Waals surface area contributed by atoms with Gasteiger partial charge in [0.25, 0.3) is 0 Å². The summed E-state index contributed by atoms with van der Waals surface area (Å²) < 4.78 is 0. The van der Waals surface area contributed by atoms with Crippen LogP contribution < -0.4 is 0 Å². The first kappa shape index (κ1) is 18.1. The highest BCUT2D eigenvalue weighted by atomic mass is 16.3. The fourth-order valence-electron chi connectivity index (χ4n) is 3.38. The van der Waals surface area contributed by atoms with Crippen molar-refractivity contribution in [1.82, 2.24) is 0 Å². The molecule has 0 aliphatic carbocycles. The van der Waals surface area contributed by atoms with E-state index in [1.165, 1.54) is 5.56 Å². The number of hydrogen-bond acceptors (Lipinski definition) is 1. The third kappa shape index (κ3) is 4.49. The molecular weight excluding hydrogens is 256 g/mol. The lowest BCUT2D eigenvalue weighted by molar-refractivity contribution is 0.283. The van der Waals surface area contributed by atoms with E-state index in [0.29, 0.717) is 17.6 Å². The van der Waals surface area contributed by atoms with E-state index >= 15 is 0 Å². The molecule has 0 atom stereocenters. The van der Waals surface area contributed by atoms with Gasteiger partial charge in [0, 0.05) is 0 Å². The van der Waals surface area contributed by atoms with Gasteiger partial charge in [0.05, 0.1) is 0 Å². The van der Waals surface area contributed by atoms with Gasteiger partial charge >= 0.3 is 0 Å². The molecule has 1 nitrogen and oxygen atoms in total. The van der Waals surface area contributed by atoms with Gasteiger partial charge in [0.2, 0.25) is 0 Å². The first-order chi connectivity index (χ1) is 9.35. The molecule has 120 valence electrons. The minimum absolute atomic E-state index is 0.110. The summed E-state index contributed by atoms with van der Waals surface area (Å²) >= 11 is 0. The molecule has 1 rings (SSSR count). The predicted molar refractivity (Wildman–Crippen MR) is 93.4 cm³/mol. The molecule has 0 spiro atoms. The zero-order valence-corrected chi connectivity index (χ0v) is 15.5. The minimum atomic E-state index is 0.110. The van der Waals surface area contributed by atoms with Gasteiger partial charge in [-0.15, -0.1) is 0 Å². The Bertz CT molecular complexity index is 458. The molecule has 0 aromatic heterocycles. The summed E-state index contributed by atoms with van der Waals surface area (Å²) in [5.74, 6) is 1.18. The predicted octanol–water partition coefficient (Wildman–Crippen LogP) is 6.35. The van der Waals surface area contributed by atoms with Crippen LogP contribution in [0.2, 0.25) is 0 Å². The van der Waals surface area contributed by atoms with Gasteiger partial charge in [-0.2, -0.15) is 0 Å². The molecule has 0 heterocycles. The fourth-order valence-corrected chi connectivity index (χ4v) is 3.38. The Hall–Kier alpha value is -0.980. The second-order valence-corrected chi connectivity index (χ2v) is 8.93. The normalized spacial score (nSPS) is 13.3. The van der Waals surface area contributed by atoms with Crippen LogP contribution in [0.1, 0.15) is 97.3 Å². The molecule has 0 fully saturated rings. The van der Waals surface area contributed by atoms with Gasteiger partial charge in [-0.25, -0.2) is 0 Å². The van der Waals surface area contributed by atoms with Crippen LogP contribution in [0.5, 0.6) is 5.75 Å². The van der Waals surface area contributed by atoms with Crippen molar-refractivity contribution in [1.29, 1.82) is 0 Å².